The molecule has 0 saturated carbocycles. The molecule has 0 unspecified atom stereocenters. The molecule has 11 nitrogen and oxygen atoms in total. The Hall–Kier alpha value is -4.93. The van der Waals surface area contributed by atoms with Crippen molar-refractivity contribution in [1.82, 2.24) is 5.32 Å². The van der Waals surface area contributed by atoms with Crippen LogP contribution in [0.15, 0.2) is 66.7 Å². The summed E-state index contributed by atoms with van der Waals surface area (Å²) in [6.07, 6.45) is 0. The van der Waals surface area contributed by atoms with Gasteiger partial charge in [-0.1, -0.05) is 6.07 Å². The summed E-state index contributed by atoms with van der Waals surface area (Å²) in [5, 5.41) is 16.3. The van der Waals surface area contributed by atoms with Crippen LogP contribution >= 0.6 is 0 Å². The Morgan fingerprint density at radius 3 is 2.29 bits per heavy atom. The van der Waals surface area contributed by atoms with Crippen LogP contribution in [-0.4, -0.2) is 43.5 Å². The van der Waals surface area contributed by atoms with Crippen molar-refractivity contribution in [2.24, 2.45) is 0 Å². The lowest BCUT2D eigenvalue weighted by Crippen LogP contribution is -2.30. The van der Waals surface area contributed by atoms with Crippen LogP contribution in [0.3, 0.4) is 0 Å². The molecular weight excluding hydrogens is 458 g/mol. The molecule has 180 valence electrons. The molecule has 0 saturated heterocycles. The van der Waals surface area contributed by atoms with Gasteiger partial charge in [-0.05, 0) is 48.5 Å². The number of anilines is 1. The molecule has 35 heavy (non-hydrogen) atoms. The van der Waals surface area contributed by atoms with Crippen molar-refractivity contribution in [3.63, 3.8) is 0 Å². The minimum Gasteiger partial charge on any atom is -0.497 e. The number of methoxy groups -OCH3 is 2. The first-order valence-electron chi connectivity index (χ1n) is 10.2. The summed E-state index contributed by atoms with van der Waals surface area (Å²) in [7, 11) is 2.72. The highest BCUT2D eigenvalue weighted by Gasteiger charge is 2.19. The smallest absolute Gasteiger partial charge is 0.325 e. The summed E-state index contributed by atoms with van der Waals surface area (Å²) in [6.45, 7) is -0.314. The van der Waals surface area contributed by atoms with E-state index in [1.807, 2.05) is 0 Å². The average Bonchev–Trinajstić information content (AvgIpc) is 2.87. The molecular formula is C24H21N3O8. The van der Waals surface area contributed by atoms with Gasteiger partial charge in [0.2, 0.25) is 0 Å². The minimum atomic E-state index is -0.690. The van der Waals surface area contributed by atoms with Gasteiger partial charge >= 0.3 is 5.97 Å². The number of nitrogens with zero attached hydrogens (tertiary/aromatic N) is 1. The highest BCUT2D eigenvalue weighted by atomic mass is 16.6. The molecule has 3 rings (SSSR count). The molecule has 0 heterocycles. The summed E-state index contributed by atoms with van der Waals surface area (Å²) < 4.78 is 15.4. The van der Waals surface area contributed by atoms with Gasteiger partial charge in [-0.2, -0.15) is 0 Å². The second-order valence-electron chi connectivity index (χ2n) is 7.01. The highest BCUT2D eigenvalue weighted by Crippen LogP contribution is 2.30. The average molecular weight is 479 g/mol. The molecule has 0 radical (unpaired) electrons. The van der Waals surface area contributed by atoms with Crippen molar-refractivity contribution in [2.75, 3.05) is 26.1 Å². The molecule has 3 aromatic carbocycles. The lowest BCUT2D eigenvalue weighted by molar-refractivity contribution is -0.384. The Morgan fingerprint density at radius 2 is 1.63 bits per heavy atom. The van der Waals surface area contributed by atoms with Gasteiger partial charge in [0.05, 0.1) is 24.7 Å². The van der Waals surface area contributed by atoms with E-state index in [1.165, 1.54) is 50.6 Å². The number of nitro benzene ring substituents is 1. The van der Waals surface area contributed by atoms with E-state index < -0.39 is 22.7 Å². The number of hydrogen-bond acceptors (Lipinski definition) is 8. The van der Waals surface area contributed by atoms with Crippen molar-refractivity contribution in [1.29, 1.82) is 0 Å². The highest BCUT2D eigenvalue weighted by molar-refractivity contribution is 6.07. The van der Waals surface area contributed by atoms with Gasteiger partial charge in [0.1, 0.15) is 23.8 Å². The number of hydrogen-bond donors (Lipinski definition) is 2. The Bertz CT molecular complexity index is 1260. The van der Waals surface area contributed by atoms with Crippen molar-refractivity contribution in [3.8, 4) is 17.2 Å². The summed E-state index contributed by atoms with van der Waals surface area (Å²) in [4.78, 5) is 47.2. The molecule has 0 spiro atoms. The third kappa shape index (κ3) is 6.54. The molecule has 0 bridgehead atoms. The van der Waals surface area contributed by atoms with Gasteiger partial charge in [-0.25, -0.2) is 0 Å². The lowest BCUT2D eigenvalue weighted by atomic mass is 10.1. The molecule has 11 heteroatoms. The Balaban J connectivity index is 1.83. The van der Waals surface area contributed by atoms with Gasteiger partial charge < -0.3 is 24.8 Å². The van der Waals surface area contributed by atoms with Gasteiger partial charge in [-0.3, -0.25) is 24.5 Å². The fourth-order valence-corrected chi connectivity index (χ4v) is 2.93. The Morgan fingerprint density at radius 1 is 0.914 bits per heavy atom. The first-order chi connectivity index (χ1) is 16.8. The summed E-state index contributed by atoms with van der Waals surface area (Å²) in [5.41, 5.74) is 0.0480. The number of carbonyl (C=O) groups excluding carboxylic acids is 3. The van der Waals surface area contributed by atoms with E-state index in [1.54, 1.807) is 24.3 Å². The minimum absolute atomic E-state index is 0.0874. The van der Waals surface area contributed by atoms with Crippen LogP contribution in [0.5, 0.6) is 17.2 Å². The predicted molar refractivity (Wildman–Crippen MR) is 125 cm³/mol. The fourth-order valence-electron chi connectivity index (χ4n) is 2.93. The summed E-state index contributed by atoms with van der Waals surface area (Å²) in [6, 6.07) is 16.2. The molecule has 2 N–H and O–H groups in total. The number of carbonyl (C=O) groups is 3. The maximum absolute atomic E-state index is 13.0. The maximum Gasteiger partial charge on any atom is 0.325 e. The number of rotatable bonds is 9. The Labute approximate surface area is 199 Å². The third-order valence-corrected chi connectivity index (χ3v) is 4.71. The fraction of sp³-hybridized carbons (Fsp3) is 0.125. The molecule has 0 aliphatic heterocycles. The van der Waals surface area contributed by atoms with Crippen molar-refractivity contribution in [2.45, 2.75) is 0 Å². The molecule has 0 aliphatic carbocycles. The van der Waals surface area contributed by atoms with E-state index in [0.717, 1.165) is 6.07 Å². The van der Waals surface area contributed by atoms with Crippen LogP contribution in [0.4, 0.5) is 11.4 Å². The van der Waals surface area contributed by atoms with Gasteiger partial charge in [0.15, 0.2) is 0 Å². The number of nitro groups is 1. The van der Waals surface area contributed by atoms with Gasteiger partial charge in [0, 0.05) is 23.4 Å². The Kier molecular flexibility index (Phi) is 7.96. The first kappa shape index (κ1) is 24.7. The topological polar surface area (TPSA) is 146 Å². The van der Waals surface area contributed by atoms with E-state index in [2.05, 4.69) is 15.4 Å². The molecule has 0 atom stereocenters. The van der Waals surface area contributed by atoms with Crippen molar-refractivity contribution < 1.29 is 33.5 Å². The van der Waals surface area contributed by atoms with Crippen LogP contribution < -0.4 is 20.1 Å². The maximum atomic E-state index is 13.0. The zero-order chi connectivity index (χ0) is 25.4. The predicted octanol–water partition coefficient (Wildman–Crippen LogP) is 3.55. The van der Waals surface area contributed by atoms with Crippen LogP contribution in [0.25, 0.3) is 0 Å². The number of esters is 1. The van der Waals surface area contributed by atoms with Gasteiger partial charge in [-0.15, -0.1) is 0 Å². The number of nitrogens with one attached hydrogen (secondary N) is 2. The van der Waals surface area contributed by atoms with Crippen molar-refractivity contribution in [3.05, 3.63) is 88.0 Å². The summed E-state index contributed by atoms with van der Waals surface area (Å²) in [5.74, 6) is -0.773. The molecule has 0 aliphatic rings. The zero-order valence-electron chi connectivity index (χ0n) is 18.8. The normalized spacial score (nSPS) is 10.1. The molecule has 0 fully saturated rings. The van der Waals surface area contributed by atoms with Crippen molar-refractivity contribution >= 4 is 29.2 Å². The number of amides is 2. The lowest BCUT2D eigenvalue weighted by Gasteiger charge is -2.12. The van der Waals surface area contributed by atoms with E-state index >= 15 is 0 Å². The van der Waals surface area contributed by atoms with Gasteiger partial charge in [0.25, 0.3) is 17.5 Å². The monoisotopic (exact) mass is 479 g/mol. The van der Waals surface area contributed by atoms with Crippen LogP contribution in [0.2, 0.25) is 0 Å². The number of non-ortho nitro benzene ring substituents is 1. The zero-order valence-corrected chi connectivity index (χ0v) is 18.8. The van der Waals surface area contributed by atoms with Crippen LogP contribution in [0, 0.1) is 10.1 Å². The van der Waals surface area contributed by atoms with E-state index in [0.29, 0.717) is 11.5 Å². The second kappa shape index (κ2) is 11.3. The summed E-state index contributed by atoms with van der Waals surface area (Å²) >= 11 is 0. The van der Waals surface area contributed by atoms with E-state index in [4.69, 9.17) is 9.47 Å². The second-order valence-corrected chi connectivity index (χ2v) is 7.01. The van der Waals surface area contributed by atoms with E-state index in [-0.39, 0.29) is 34.8 Å². The number of benzene rings is 3. The van der Waals surface area contributed by atoms with E-state index in [9.17, 15) is 24.5 Å². The quantitative estimate of drug-likeness (QED) is 0.269. The molecule has 2 amide bonds. The number of ether oxygens (including phenoxy) is 3. The standard InChI is InChI=1S/C24H21N3O8/c1-33-18-7-9-19(10-8-18)35-21-11-6-17(27(31)32)13-20(21)24(30)26-16-5-3-4-15(12-16)23(29)25-14-22(28)34-2/h3-13H,14H2,1-2H3,(H,25,29)(H,26,30). The molecule has 3 aromatic rings. The van der Waals surface area contributed by atoms with Crippen LogP contribution in [-0.2, 0) is 9.53 Å². The first-order valence-corrected chi connectivity index (χ1v) is 10.2. The molecule has 0 aromatic heterocycles. The largest absolute Gasteiger partial charge is 0.497 e. The SMILES string of the molecule is COC(=O)CNC(=O)c1cccc(NC(=O)c2cc([N+](=O)[O-])ccc2Oc2ccc(OC)cc2)c1. The third-order valence-electron chi connectivity index (χ3n) is 4.71. The van der Waals surface area contributed by atoms with Crippen LogP contribution in [0.1, 0.15) is 20.7 Å².